The van der Waals surface area contributed by atoms with Crippen LogP contribution in [0.25, 0.3) is 0 Å². The van der Waals surface area contributed by atoms with E-state index in [0.717, 1.165) is 11.6 Å². The fourth-order valence-corrected chi connectivity index (χ4v) is 7.87. The molecule has 4 rings (SSSR count). The third kappa shape index (κ3) is 3.62. The monoisotopic (exact) mass is 358 g/mol. The van der Waals surface area contributed by atoms with Gasteiger partial charge < -0.3 is 0 Å². The predicted molar refractivity (Wildman–Crippen MR) is 115 cm³/mol. The average molecular weight is 358 g/mol. The lowest BCUT2D eigenvalue weighted by Gasteiger charge is -2.33. The average Bonchev–Trinajstić information content (AvgIpc) is 3.19. The topological polar surface area (TPSA) is 0 Å². The summed E-state index contributed by atoms with van der Waals surface area (Å²) in [6.45, 7) is 2.45. The van der Waals surface area contributed by atoms with E-state index >= 15 is 0 Å². The van der Waals surface area contributed by atoms with Crippen molar-refractivity contribution in [2.75, 3.05) is 0 Å². The molecule has 0 amide bonds. The molecule has 0 aliphatic heterocycles. The Bertz CT molecular complexity index is 758. The van der Waals surface area contributed by atoms with Gasteiger partial charge >= 0.3 is 0 Å². The number of hydrogen-bond donors (Lipinski definition) is 0. The molecule has 1 fully saturated rings. The Balaban J connectivity index is 1.71. The highest BCUT2D eigenvalue weighted by Crippen LogP contribution is 2.53. The number of rotatable bonds is 5. The lowest BCUT2D eigenvalue weighted by atomic mass is 9.86. The molecule has 26 heavy (non-hydrogen) atoms. The first-order valence-electron chi connectivity index (χ1n) is 9.79. The molecule has 0 spiro atoms. The Hall–Kier alpha value is -1.91. The molecule has 0 bridgehead atoms. The maximum atomic E-state index is 2.45. The molecular weight excluding hydrogens is 331 g/mol. The Morgan fingerprint density at radius 3 is 1.73 bits per heavy atom. The van der Waals surface area contributed by atoms with Crippen molar-refractivity contribution in [1.29, 1.82) is 0 Å². The second kappa shape index (κ2) is 8.19. The third-order valence-corrected chi connectivity index (χ3v) is 8.91. The van der Waals surface area contributed by atoms with Gasteiger partial charge in [0.15, 0.2) is 0 Å². The molecule has 0 nitrogen and oxygen atoms in total. The lowest BCUT2D eigenvalue weighted by molar-refractivity contribution is 0.468. The third-order valence-electron chi connectivity index (χ3n) is 5.90. The highest BCUT2D eigenvalue weighted by atomic mass is 31.1. The maximum absolute atomic E-state index is 2.45. The standard InChI is InChI=1S/C25H27P/c1-20(21-12-5-2-6-13-21)24-18-11-19-25(24)26(22-14-7-3-8-15-22)23-16-9-4-10-17-23/h2-10,12-17,20,24-25H,11,18-19H2,1H3/t20-,24?,25+/m1/s1. The first-order valence-corrected chi connectivity index (χ1v) is 11.2. The zero-order valence-corrected chi connectivity index (χ0v) is 16.4. The largest absolute Gasteiger partial charge is 0.0622 e. The molecule has 1 saturated carbocycles. The van der Waals surface area contributed by atoms with Crippen molar-refractivity contribution < 1.29 is 0 Å². The van der Waals surface area contributed by atoms with Crippen molar-refractivity contribution in [1.82, 2.24) is 0 Å². The van der Waals surface area contributed by atoms with Gasteiger partial charge in [0.05, 0.1) is 0 Å². The normalized spacial score (nSPS) is 21.0. The van der Waals surface area contributed by atoms with Crippen LogP contribution in [0.4, 0.5) is 0 Å². The summed E-state index contributed by atoms with van der Waals surface area (Å²) in [4.78, 5) is 0. The van der Waals surface area contributed by atoms with Crippen LogP contribution in [0.2, 0.25) is 0 Å². The highest BCUT2D eigenvalue weighted by molar-refractivity contribution is 7.73. The summed E-state index contributed by atoms with van der Waals surface area (Å²) in [6.07, 6.45) is 4.08. The van der Waals surface area contributed by atoms with E-state index in [0.29, 0.717) is 5.92 Å². The summed E-state index contributed by atoms with van der Waals surface area (Å²) in [5, 5.41) is 3.07. The summed E-state index contributed by atoms with van der Waals surface area (Å²) in [5.74, 6) is 1.39. The molecule has 1 aliphatic rings. The van der Waals surface area contributed by atoms with Crippen molar-refractivity contribution >= 4 is 18.5 Å². The molecule has 0 N–H and O–H groups in total. The van der Waals surface area contributed by atoms with Gasteiger partial charge in [-0.15, -0.1) is 0 Å². The molecule has 0 saturated heterocycles. The van der Waals surface area contributed by atoms with Crippen molar-refractivity contribution in [2.24, 2.45) is 5.92 Å². The Kier molecular flexibility index (Phi) is 5.51. The lowest BCUT2D eigenvalue weighted by Crippen LogP contribution is -2.27. The van der Waals surface area contributed by atoms with Crippen LogP contribution in [0, 0.1) is 5.92 Å². The van der Waals surface area contributed by atoms with E-state index < -0.39 is 0 Å². The van der Waals surface area contributed by atoms with Gasteiger partial charge in [-0.1, -0.05) is 104 Å². The number of hydrogen-bond acceptors (Lipinski definition) is 0. The van der Waals surface area contributed by atoms with Crippen molar-refractivity contribution in [3.63, 3.8) is 0 Å². The van der Waals surface area contributed by atoms with Crippen LogP contribution in [0.1, 0.15) is 37.7 Å². The molecular formula is C25H27P. The van der Waals surface area contributed by atoms with E-state index in [1.165, 1.54) is 35.4 Å². The molecule has 3 atom stereocenters. The van der Waals surface area contributed by atoms with E-state index in [-0.39, 0.29) is 7.92 Å². The summed E-state index contributed by atoms with van der Waals surface area (Å²) in [7, 11) is -0.314. The van der Waals surface area contributed by atoms with E-state index in [9.17, 15) is 0 Å². The van der Waals surface area contributed by atoms with Crippen LogP contribution in [-0.2, 0) is 0 Å². The Morgan fingerprint density at radius 1 is 0.692 bits per heavy atom. The molecule has 0 heterocycles. The van der Waals surface area contributed by atoms with Gasteiger partial charge in [0.1, 0.15) is 0 Å². The number of benzene rings is 3. The molecule has 3 aromatic carbocycles. The zero-order valence-electron chi connectivity index (χ0n) is 15.5. The van der Waals surface area contributed by atoms with E-state index in [4.69, 9.17) is 0 Å². The minimum absolute atomic E-state index is 0.314. The highest BCUT2D eigenvalue weighted by Gasteiger charge is 2.38. The molecule has 1 aliphatic carbocycles. The van der Waals surface area contributed by atoms with E-state index in [1.807, 2.05) is 0 Å². The van der Waals surface area contributed by atoms with Gasteiger partial charge in [-0.25, -0.2) is 0 Å². The second-order valence-electron chi connectivity index (χ2n) is 7.40. The van der Waals surface area contributed by atoms with Gasteiger partial charge in [-0.3, -0.25) is 0 Å². The summed E-state index contributed by atoms with van der Waals surface area (Å²) in [6, 6.07) is 33.6. The Morgan fingerprint density at radius 2 is 1.19 bits per heavy atom. The fourth-order valence-electron chi connectivity index (χ4n) is 4.59. The Labute approximate surface area is 159 Å². The first-order chi connectivity index (χ1) is 12.8. The summed E-state index contributed by atoms with van der Waals surface area (Å²) >= 11 is 0. The molecule has 132 valence electrons. The molecule has 0 radical (unpaired) electrons. The molecule has 3 aromatic rings. The quantitative estimate of drug-likeness (QED) is 0.484. The molecule has 1 heteroatoms. The van der Waals surface area contributed by atoms with Crippen LogP contribution in [0.3, 0.4) is 0 Å². The van der Waals surface area contributed by atoms with Gasteiger partial charge in [0, 0.05) is 0 Å². The van der Waals surface area contributed by atoms with Crippen molar-refractivity contribution in [3.8, 4) is 0 Å². The van der Waals surface area contributed by atoms with Crippen molar-refractivity contribution in [3.05, 3.63) is 96.6 Å². The van der Waals surface area contributed by atoms with Gasteiger partial charge in [0.25, 0.3) is 0 Å². The first kappa shape index (κ1) is 17.5. The van der Waals surface area contributed by atoms with Crippen LogP contribution in [0.15, 0.2) is 91.0 Å². The fraction of sp³-hybridized carbons (Fsp3) is 0.280. The SMILES string of the molecule is C[C@H](c1ccccc1)C1CCC[C@@H]1P(c1ccccc1)c1ccccc1. The summed E-state index contributed by atoms with van der Waals surface area (Å²) < 4.78 is 0. The van der Waals surface area contributed by atoms with Gasteiger partial charge in [-0.2, -0.15) is 0 Å². The predicted octanol–water partition coefficient (Wildman–Crippen LogP) is 6.09. The zero-order chi connectivity index (χ0) is 17.8. The van der Waals surface area contributed by atoms with Crippen molar-refractivity contribution in [2.45, 2.75) is 37.8 Å². The molecule has 0 aromatic heterocycles. The van der Waals surface area contributed by atoms with Gasteiger partial charge in [-0.05, 0) is 54.4 Å². The van der Waals surface area contributed by atoms with E-state index in [2.05, 4.69) is 97.9 Å². The smallest absolute Gasteiger partial charge is 0.00947 e. The van der Waals surface area contributed by atoms with E-state index in [1.54, 1.807) is 0 Å². The molecule has 1 unspecified atom stereocenters. The second-order valence-corrected chi connectivity index (χ2v) is 9.84. The van der Waals surface area contributed by atoms with Crippen LogP contribution >= 0.6 is 7.92 Å². The minimum Gasteiger partial charge on any atom is -0.0622 e. The summed E-state index contributed by atoms with van der Waals surface area (Å²) in [5.41, 5.74) is 2.27. The van der Waals surface area contributed by atoms with Crippen LogP contribution in [-0.4, -0.2) is 5.66 Å². The van der Waals surface area contributed by atoms with Crippen LogP contribution in [0.5, 0.6) is 0 Å². The van der Waals surface area contributed by atoms with Gasteiger partial charge in [0.2, 0.25) is 0 Å². The minimum atomic E-state index is -0.314. The van der Waals surface area contributed by atoms with Crippen LogP contribution < -0.4 is 10.6 Å². The maximum Gasteiger partial charge on any atom is -0.00947 e.